The molecule has 2 saturated carbocycles. The molecule has 4 aliphatic rings. The van der Waals surface area contributed by atoms with Crippen LogP contribution >= 0.6 is 0 Å². The molecule has 2 unspecified atom stereocenters. The van der Waals surface area contributed by atoms with E-state index in [1.54, 1.807) is 18.2 Å². The van der Waals surface area contributed by atoms with Crippen LogP contribution in [0.15, 0.2) is 35.1 Å². The maximum Gasteiger partial charge on any atom is 0.239 e. The maximum atomic E-state index is 14.9. The molecule has 0 radical (unpaired) electrons. The maximum absolute atomic E-state index is 14.9. The summed E-state index contributed by atoms with van der Waals surface area (Å²) >= 11 is 0. The first-order chi connectivity index (χ1) is 17.5. The molecule has 2 spiro atoms. The third-order valence-electron chi connectivity index (χ3n) is 9.35. The van der Waals surface area contributed by atoms with Gasteiger partial charge in [0.1, 0.15) is 18.6 Å². The molecule has 0 bridgehead atoms. The quantitative estimate of drug-likeness (QED) is 0.601. The van der Waals surface area contributed by atoms with Gasteiger partial charge in [0, 0.05) is 25.0 Å². The van der Waals surface area contributed by atoms with Gasteiger partial charge in [-0.1, -0.05) is 31.3 Å². The summed E-state index contributed by atoms with van der Waals surface area (Å²) in [6.07, 6.45) is 11.9. The van der Waals surface area contributed by atoms with E-state index in [9.17, 15) is 4.79 Å². The van der Waals surface area contributed by atoms with Gasteiger partial charge >= 0.3 is 0 Å². The summed E-state index contributed by atoms with van der Waals surface area (Å²) in [7, 11) is 1.80. The Kier molecular flexibility index (Phi) is 5.80. The van der Waals surface area contributed by atoms with Crippen LogP contribution in [-0.2, 0) is 27.9 Å². The van der Waals surface area contributed by atoms with E-state index in [0.717, 1.165) is 49.7 Å². The van der Waals surface area contributed by atoms with Crippen molar-refractivity contribution >= 4 is 11.7 Å². The predicted molar refractivity (Wildman–Crippen MR) is 136 cm³/mol. The molecule has 6 nitrogen and oxygen atoms in total. The summed E-state index contributed by atoms with van der Waals surface area (Å²) in [6, 6.07) is 6.59. The van der Waals surface area contributed by atoms with Crippen molar-refractivity contribution in [2.75, 3.05) is 7.11 Å². The van der Waals surface area contributed by atoms with Crippen molar-refractivity contribution < 1.29 is 13.9 Å². The fourth-order valence-electron chi connectivity index (χ4n) is 7.41. The van der Waals surface area contributed by atoms with Crippen LogP contribution in [0.3, 0.4) is 0 Å². The van der Waals surface area contributed by atoms with Gasteiger partial charge in [-0.25, -0.2) is 4.98 Å². The highest BCUT2D eigenvalue weighted by Gasteiger charge is 2.68. The minimum absolute atomic E-state index is 0.0470. The van der Waals surface area contributed by atoms with E-state index in [4.69, 9.17) is 14.6 Å². The Bertz CT molecular complexity index is 1230. The smallest absolute Gasteiger partial charge is 0.239 e. The van der Waals surface area contributed by atoms with Gasteiger partial charge in [-0.2, -0.15) is 0 Å². The second kappa shape index (κ2) is 8.88. The van der Waals surface area contributed by atoms with E-state index in [0.29, 0.717) is 24.1 Å². The lowest BCUT2D eigenvalue weighted by Crippen LogP contribution is -2.64. The van der Waals surface area contributed by atoms with Crippen molar-refractivity contribution in [2.45, 2.75) is 82.8 Å². The van der Waals surface area contributed by atoms with Crippen LogP contribution in [0.25, 0.3) is 0 Å². The summed E-state index contributed by atoms with van der Waals surface area (Å²) in [5, 5.41) is 8.86. The van der Waals surface area contributed by atoms with Gasteiger partial charge in [0.25, 0.3) is 0 Å². The van der Waals surface area contributed by atoms with E-state index >= 15 is 0 Å². The number of methoxy groups -OCH3 is 1. The molecule has 36 heavy (non-hydrogen) atoms. The molecule has 2 atom stereocenters. The second-order valence-electron chi connectivity index (χ2n) is 11.2. The highest BCUT2D eigenvalue weighted by Crippen LogP contribution is 2.65. The van der Waals surface area contributed by atoms with Crippen LogP contribution in [0.4, 0.5) is 0 Å². The molecule has 188 valence electrons. The summed E-state index contributed by atoms with van der Waals surface area (Å²) < 4.78 is 11.3. The van der Waals surface area contributed by atoms with E-state index in [-0.39, 0.29) is 29.9 Å². The molecule has 1 aromatic carbocycles. The minimum Gasteiger partial charge on any atom is -0.447 e. The van der Waals surface area contributed by atoms with Crippen LogP contribution in [0.5, 0.6) is 0 Å². The average molecular weight is 486 g/mol. The van der Waals surface area contributed by atoms with Crippen LogP contribution < -0.4 is 0 Å². The predicted octanol–water partition coefficient (Wildman–Crippen LogP) is 5.24. The summed E-state index contributed by atoms with van der Waals surface area (Å²) in [4.78, 5) is 20.8. The summed E-state index contributed by atoms with van der Waals surface area (Å²) in [5.41, 5.74) is 2.58. The Morgan fingerprint density at radius 2 is 2.06 bits per heavy atom. The van der Waals surface area contributed by atoms with Gasteiger partial charge in [0.15, 0.2) is 0 Å². The zero-order chi connectivity index (χ0) is 24.9. The van der Waals surface area contributed by atoms with Crippen molar-refractivity contribution in [3.05, 3.63) is 53.2 Å². The molecule has 1 N–H and O–H groups in total. The molecule has 3 aliphatic carbocycles. The molecule has 2 aromatic rings. The highest BCUT2D eigenvalue weighted by atomic mass is 16.5. The van der Waals surface area contributed by atoms with Gasteiger partial charge in [-0.15, -0.1) is 0 Å². The number of oxazole rings is 1. The number of likely N-dealkylation sites (tertiary alicyclic amines) is 1. The zero-order valence-electron chi connectivity index (χ0n) is 21.3. The van der Waals surface area contributed by atoms with Crippen molar-refractivity contribution in [2.24, 2.45) is 17.3 Å². The lowest BCUT2D eigenvalue weighted by atomic mass is 9.49. The number of carbonyl (C=O) groups excluding carboxylic acids is 1. The topological polar surface area (TPSA) is 79.4 Å². The number of hydrogen-bond donors (Lipinski definition) is 1. The molecule has 1 aliphatic heterocycles. The first-order valence-corrected chi connectivity index (χ1v) is 13.5. The second-order valence-corrected chi connectivity index (χ2v) is 11.2. The van der Waals surface area contributed by atoms with Gasteiger partial charge in [-0.3, -0.25) is 15.1 Å². The first-order valence-electron chi connectivity index (χ1n) is 13.5. The van der Waals surface area contributed by atoms with Gasteiger partial charge < -0.3 is 9.15 Å². The highest BCUT2D eigenvalue weighted by molar-refractivity contribution is 6.06. The zero-order valence-corrected chi connectivity index (χ0v) is 21.3. The Hall–Kier alpha value is -2.91. The van der Waals surface area contributed by atoms with E-state index < -0.39 is 5.41 Å². The Labute approximate surface area is 213 Å². The van der Waals surface area contributed by atoms with Crippen molar-refractivity contribution in [1.82, 2.24) is 9.88 Å². The van der Waals surface area contributed by atoms with Crippen LogP contribution in [0, 0.1) is 34.5 Å². The first kappa shape index (κ1) is 23.5. The third kappa shape index (κ3) is 3.55. The lowest BCUT2D eigenvalue weighted by Gasteiger charge is -2.56. The van der Waals surface area contributed by atoms with Crippen LogP contribution in [-0.4, -0.2) is 34.8 Å². The van der Waals surface area contributed by atoms with Crippen molar-refractivity contribution in [3.8, 4) is 11.8 Å². The number of piperidine rings is 1. The standard InChI is InChI=1S/C30H35N3O3/c1-3-23-17-26(31)33(19-27-32-14-15-36-27)28(34)30(23)25-16-21(7-6-20-4-5-20)8-9-22(25)18-29(30)12-10-24(35-2)11-13-29/h8-9,14-16,20,23-24,31H,3-5,10-13,17-19H2,1-2H3. The van der Waals surface area contributed by atoms with Gasteiger partial charge in [-0.05, 0) is 79.5 Å². The Balaban J connectivity index is 1.50. The van der Waals surface area contributed by atoms with E-state index in [1.807, 2.05) is 0 Å². The summed E-state index contributed by atoms with van der Waals surface area (Å²) in [5.74, 6) is 8.30. The molecular weight excluding hydrogens is 450 g/mol. The number of hydrogen-bond acceptors (Lipinski definition) is 5. The molecule has 3 fully saturated rings. The number of aromatic nitrogens is 1. The average Bonchev–Trinajstić information content (AvgIpc) is 3.50. The number of carbonyl (C=O) groups is 1. The monoisotopic (exact) mass is 485 g/mol. The SMILES string of the molecule is CCC1CC(=N)N(Cc2ncco2)C(=O)C12c1cc(C#CC3CC3)ccc1CC21CCC(OC)CC1. The van der Waals surface area contributed by atoms with Gasteiger partial charge in [0.05, 0.1) is 17.7 Å². The number of amidine groups is 1. The number of amides is 1. The van der Waals surface area contributed by atoms with Crippen LogP contribution in [0.1, 0.15) is 80.9 Å². The van der Waals surface area contributed by atoms with E-state index in [1.165, 1.54) is 24.7 Å². The fourth-order valence-corrected chi connectivity index (χ4v) is 7.41. The molecule has 1 amide bonds. The number of nitrogens with one attached hydrogen (secondary N) is 1. The third-order valence-corrected chi connectivity index (χ3v) is 9.35. The molecule has 6 heteroatoms. The Morgan fingerprint density at radius 3 is 2.72 bits per heavy atom. The fraction of sp³-hybridized carbons (Fsp3) is 0.567. The molecule has 2 heterocycles. The molecule has 1 aromatic heterocycles. The number of nitrogens with zero attached hydrogens (tertiary/aromatic N) is 2. The normalized spacial score (nSPS) is 31.6. The number of benzene rings is 1. The summed E-state index contributed by atoms with van der Waals surface area (Å²) in [6.45, 7) is 2.39. The van der Waals surface area contributed by atoms with Gasteiger partial charge in [0.2, 0.25) is 11.8 Å². The number of ether oxygens (including phenoxy) is 1. The molecular formula is C30H35N3O3. The Morgan fingerprint density at radius 1 is 1.25 bits per heavy atom. The molecule has 6 rings (SSSR count). The van der Waals surface area contributed by atoms with Crippen molar-refractivity contribution in [1.29, 1.82) is 5.41 Å². The largest absolute Gasteiger partial charge is 0.447 e. The van der Waals surface area contributed by atoms with E-state index in [2.05, 4.69) is 41.9 Å². The number of rotatable bonds is 4. The lowest BCUT2D eigenvalue weighted by molar-refractivity contribution is -0.149. The molecule has 1 saturated heterocycles. The number of fused-ring (bicyclic) bond motifs is 3. The minimum atomic E-state index is -0.676. The van der Waals surface area contributed by atoms with Crippen molar-refractivity contribution in [3.63, 3.8) is 0 Å². The van der Waals surface area contributed by atoms with Crippen LogP contribution in [0.2, 0.25) is 0 Å².